The van der Waals surface area contributed by atoms with Gasteiger partial charge in [-0.15, -0.1) is 12.4 Å². The molecule has 1 aliphatic rings. The van der Waals surface area contributed by atoms with Gasteiger partial charge in [-0.3, -0.25) is 4.79 Å². The molecular weight excluding hydrogens is 220 g/mol. The van der Waals surface area contributed by atoms with Crippen molar-refractivity contribution in [3.05, 3.63) is 0 Å². The van der Waals surface area contributed by atoms with Crippen LogP contribution < -0.4 is 5.32 Å². The fourth-order valence-corrected chi connectivity index (χ4v) is 1.82. The molecule has 1 rings (SSSR count). The summed E-state index contributed by atoms with van der Waals surface area (Å²) >= 11 is 1.74. The largest absolute Gasteiger partial charge is 0.341 e. The SMILES string of the molecule is CSCCC(=O)N1CCCNCC1.Cl. The van der Waals surface area contributed by atoms with Crippen LogP contribution in [0, 0.1) is 0 Å². The summed E-state index contributed by atoms with van der Waals surface area (Å²) in [5.41, 5.74) is 0. The first-order valence-electron chi connectivity index (χ1n) is 4.82. The van der Waals surface area contributed by atoms with Crippen LogP contribution in [0.1, 0.15) is 12.8 Å². The van der Waals surface area contributed by atoms with E-state index in [9.17, 15) is 4.79 Å². The standard InChI is InChI=1S/C9H18N2OS.ClH/c1-13-8-3-9(12)11-6-2-4-10-5-7-11;/h10H,2-8H2,1H3;1H. The van der Waals surface area contributed by atoms with Crippen molar-refractivity contribution in [1.29, 1.82) is 0 Å². The monoisotopic (exact) mass is 238 g/mol. The molecule has 84 valence electrons. The van der Waals surface area contributed by atoms with Crippen molar-refractivity contribution in [3.8, 4) is 0 Å². The minimum absolute atomic E-state index is 0. The van der Waals surface area contributed by atoms with Crippen molar-refractivity contribution >= 4 is 30.1 Å². The second kappa shape index (κ2) is 8.38. The van der Waals surface area contributed by atoms with Crippen molar-refractivity contribution < 1.29 is 4.79 Å². The molecule has 1 amide bonds. The number of nitrogens with one attached hydrogen (secondary N) is 1. The Hall–Kier alpha value is 0.0700. The number of thioether (sulfide) groups is 1. The highest BCUT2D eigenvalue weighted by Crippen LogP contribution is 2.02. The molecule has 1 fully saturated rings. The summed E-state index contributed by atoms with van der Waals surface area (Å²) in [4.78, 5) is 13.6. The van der Waals surface area contributed by atoms with E-state index in [1.807, 2.05) is 11.2 Å². The van der Waals surface area contributed by atoms with Crippen molar-refractivity contribution in [2.45, 2.75) is 12.8 Å². The minimum atomic E-state index is 0. The van der Waals surface area contributed by atoms with Crippen molar-refractivity contribution in [1.82, 2.24) is 10.2 Å². The van der Waals surface area contributed by atoms with Gasteiger partial charge < -0.3 is 10.2 Å². The Morgan fingerprint density at radius 2 is 2.21 bits per heavy atom. The van der Waals surface area contributed by atoms with Gasteiger partial charge in [0.25, 0.3) is 0 Å². The Morgan fingerprint density at radius 1 is 1.43 bits per heavy atom. The van der Waals surface area contributed by atoms with Gasteiger partial charge in [0.05, 0.1) is 0 Å². The highest BCUT2D eigenvalue weighted by Gasteiger charge is 2.13. The van der Waals surface area contributed by atoms with Gasteiger partial charge in [-0.05, 0) is 19.2 Å². The third-order valence-corrected chi connectivity index (χ3v) is 2.83. The predicted octanol–water partition coefficient (Wildman–Crippen LogP) is 0.983. The van der Waals surface area contributed by atoms with Gasteiger partial charge in [-0.25, -0.2) is 0 Å². The number of hydrogen-bond acceptors (Lipinski definition) is 3. The molecular formula is C9H19ClN2OS. The number of carbonyl (C=O) groups excluding carboxylic acids is 1. The Bertz CT molecular complexity index is 161. The van der Waals surface area contributed by atoms with Gasteiger partial charge >= 0.3 is 0 Å². The Labute approximate surface area is 96.4 Å². The number of nitrogens with zero attached hydrogens (tertiary/aromatic N) is 1. The first-order valence-corrected chi connectivity index (χ1v) is 6.21. The van der Waals surface area contributed by atoms with Crippen molar-refractivity contribution in [2.75, 3.05) is 38.2 Å². The van der Waals surface area contributed by atoms with E-state index in [1.165, 1.54) is 0 Å². The van der Waals surface area contributed by atoms with Crippen LogP contribution in [-0.4, -0.2) is 49.0 Å². The molecule has 1 N–H and O–H groups in total. The first-order chi connectivity index (χ1) is 6.34. The fraction of sp³-hybridized carbons (Fsp3) is 0.889. The number of hydrogen-bond donors (Lipinski definition) is 1. The molecule has 0 unspecified atom stereocenters. The lowest BCUT2D eigenvalue weighted by Gasteiger charge is -2.19. The third-order valence-electron chi connectivity index (χ3n) is 2.21. The van der Waals surface area contributed by atoms with Crippen LogP contribution in [-0.2, 0) is 4.79 Å². The van der Waals surface area contributed by atoms with E-state index >= 15 is 0 Å². The molecule has 1 saturated heterocycles. The maximum absolute atomic E-state index is 11.6. The van der Waals surface area contributed by atoms with E-state index < -0.39 is 0 Å². The molecule has 5 heteroatoms. The maximum Gasteiger partial charge on any atom is 0.223 e. The van der Waals surface area contributed by atoms with Crippen LogP contribution in [0.2, 0.25) is 0 Å². The summed E-state index contributed by atoms with van der Waals surface area (Å²) in [5.74, 6) is 1.26. The van der Waals surface area contributed by atoms with Gasteiger partial charge in [0, 0.05) is 31.8 Å². The van der Waals surface area contributed by atoms with E-state index in [2.05, 4.69) is 5.32 Å². The van der Waals surface area contributed by atoms with E-state index in [0.29, 0.717) is 12.3 Å². The van der Waals surface area contributed by atoms with Gasteiger partial charge in [0.1, 0.15) is 0 Å². The molecule has 1 heterocycles. The number of halogens is 1. The lowest BCUT2D eigenvalue weighted by atomic mass is 10.3. The summed E-state index contributed by atoms with van der Waals surface area (Å²) in [6, 6.07) is 0. The van der Waals surface area contributed by atoms with Gasteiger partial charge in [-0.2, -0.15) is 11.8 Å². The molecule has 1 aliphatic heterocycles. The molecule has 0 aromatic carbocycles. The van der Waals surface area contributed by atoms with Crippen LogP contribution in [0.25, 0.3) is 0 Å². The normalized spacial score (nSPS) is 17.1. The highest BCUT2D eigenvalue weighted by atomic mass is 35.5. The molecule has 0 atom stereocenters. The quantitative estimate of drug-likeness (QED) is 0.796. The second-order valence-corrected chi connectivity index (χ2v) is 4.21. The molecule has 0 radical (unpaired) electrons. The lowest BCUT2D eigenvalue weighted by molar-refractivity contribution is -0.130. The van der Waals surface area contributed by atoms with Crippen LogP contribution in [0.15, 0.2) is 0 Å². The number of rotatable bonds is 3. The summed E-state index contributed by atoms with van der Waals surface area (Å²) < 4.78 is 0. The van der Waals surface area contributed by atoms with Gasteiger partial charge in [-0.1, -0.05) is 0 Å². The highest BCUT2D eigenvalue weighted by molar-refractivity contribution is 7.98. The minimum Gasteiger partial charge on any atom is -0.341 e. The van der Waals surface area contributed by atoms with E-state index in [-0.39, 0.29) is 12.4 Å². The summed E-state index contributed by atoms with van der Waals surface area (Å²) in [6.07, 6.45) is 3.82. The first kappa shape index (κ1) is 14.1. The van der Waals surface area contributed by atoms with Crippen LogP contribution in [0.3, 0.4) is 0 Å². The summed E-state index contributed by atoms with van der Waals surface area (Å²) in [6.45, 7) is 3.81. The predicted molar refractivity (Wildman–Crippen MR) is 64.3 cm³/mol. The van der Waals surface area contributed by atoms with Crippen LogP contribution in [0.4, 0.5) is 0 Å². The molecule has 3 nitrogen and oxygen atoms in total. The van der Waals surface area contributed by atoms with Gasteiger partial charge in [0.15, 0.2) is 0 Å². The zero-order valence-corrected chi connectivity index (χ0v) is 10.3. The topological polar surface area (TPSA) is 32.3 Å². The molecule has 14 heavy (non-hydrogen) atoms. The molecule has 0 aliphatic carbocycles. The number of amides is 1. The Balaban J connectivity index is 0.00000169. The van der Waals surface area contributed by atoms with Crippen LogP contribution in [0.5, 0.6) is 0 Å². The number of carbonyl (C=O) groups is 1. The van der Waals surface area contributed by atoms with Crippen molar-refractivity contribution in [2.24, 2.45) is 0 Å². The molecule has 0 saturated carbocycles. The summed E-state index contributed by atoms with van der Waals surface area (Å²) in [5, 5.41) is 3.29. The fourth-order valence-electron chi connectivity index (χ4n) is 1.44. The zero-order chi connectivity index (χ0) is 9.52. The second-order valence-electron chi connectivity index (χ2n) is 3.23. The van der Waals surface area contributed by atoms with E-state index in [0.717, 1.165) is 38.4 Å². The van der Waals surface area contributed by atoms with E-state index in [1.54, 1.807) is 11.8 Å². The van der Waals surface area contributed by atoms with Gasteiger partial charge in [0.2, 0.25) is 5.91 Å². The third kappa shape index (κ3) is 5.08. The molecule has 0 aromatic heterocycles. The average Bonchev–Trinajstić information content (AvgIpc) is 2.42. The molecule has 0 aromatic rings. The maximum atomic E-state index is 11.6. The molecule has 0 bridgehead atoms. The lowest BCUT2D eigenvalue weighted by Crippen LogP contribution is -2.34. The summed E-state index contributed by atoms with van der Waals surface area (Å²) in [7, 11) is 0. The smallest absolute Gasteiger partial charge is 0.223 e. The zero-order valence-electron chi connectivity index (χ0n) is 8.62. The molecule has 0 spiro atoms. The Kier molecular flexibility index (Phi) is 8.43. The van der Waals surface area contributed by atoms with E-state index in [4.69, 9.17) is 0 Å². The van der Waals surface area contributed by atoms with Crippen molar-refractivity contribution in [3.63, 3.8) is 0 Å². The average molecular weight is 239 g/mol. The Morgan fingerprint density at radius 3 is 2.93 bits per heavy atom. The van der Waals surface area contributed by atoms with Crippen LogP contribution >= 0.6 is 24.2 Å².